The fourth-order valence-corrected chi connectivity index (χ4v) is 0. The molecule has 0 spiro atoms. The van der Waals surface area contributed by atoms with Crippen LogP contribution < -0.4 is 6.15 Å². The molecule has 0 fully saturated rings. The van der Waals surface area contributed by atoms with Crippen LogP contribution in [-0.4, -0.2) is 40.6 Å². The Morgan fingerprint density at radius 3 is 1.43 bits per heavy atom. The van der Waals surface area contributed by atoms with Gasteiger partial charge in [0.2, 0.25) is 0 Å². The van der Waals surface area contributed by atoms with E-state index >= 15 is 0 Å². The van der Waals surface area contributed by atoms with Gasteiger partial charge in [0, 0.05) is 27.3 Å². The summed E-state index contributed by atoms with van der Waals surface area (Å²) in [6, 6.07) is 0. The zero-order chi connectivity index (χ0) is 4.50. The zero-order valence-electron chi connectivity index (χ0n) is 3.54. The van der Waals surface area contributed by atoms with Crippen LogP contribution >= 0.6 is 0 Å². The Balaban J connectivity index is -0.0000000800. The normalized spacial score (nSPS) is 8.29. The van der Waals surface area contributed by atoms with E-state index in [9.17, 15) is 0 Å². The summed E-state index contributed by atoms with van der Waals surface area (Å²) in [5, 5.41) is 0. The molecule has 0 atom stereocenters. The van der Waals surface area contributed by atoms with E-state index in [1.165, 1.54) is 0 Å². The van der Waals surface area contributed by atoms with Gasteiger partial charge >= 0.3 is 0 Å². The Bertz CT molecular complexity index is 96.1. The Morgan fingerprint density at radius 2 is 1.43 bits per heavy atom. The molecule has 0 aromatic carbocycles. The van der Waals surface area contributed by atoms with E-state index in [2.05, 4.69) is 11.2 Å². The summed E-state index contributed by atoms with van der Waals surface area (Å²) < 4.78 is 26.7. The molecule has 7 heteroatoms. The maximum atomic E-state index is 8.89. The van der Waals surface area contributed by atoms with E-state index in [1.807, 2.05) is 0 Å². The number of hydrogen-bond donors (Lipinski definition) is 1. The van der Waals surface area contributed by atoms with Crippen LogP contribution in [0.4, 0.5) is 0 Å². The molecule has 0 heterocycles. The first-order chi connectivity index (χ1) is 2.00. The topological polar surface area (TPSA) is 99.7 Å². The minimum atomic E-state index is -4.33. The molecular formula is H4NO3PbS2-. The van der Waals surface area contributed by atoms with E-state index in [0.717, 1.165) is 0 Å². The van der Waals surface area contributed by atoms with Crippen molar-refractivity contribution >= 4 is 47.5 Å². The van der Waals surface area contributed by atoms with Crippen molar-refractivity contribution in [2.75, 3.05) is 0 Å². The molecular weight excluding hydrogens is 333 g/mol. The summed E-state index contributed by atoms with van der Waals surface area (Å²) in [6.07, 6.45) is 0. The molecule has 0 saturated carbocycles. The van der Waals surface area contributed by atoms with Gasteiger partial charge in [-0.3, -0.25) is 4.21 Å². The smallest absolute Gasteiger partial charge is 0 e. The van der Waals surface area contributed by atoms with Crippen molar-refractivity contribution in [1.29, 1.82) is 0 Å². The standard InChI is InChI=1S/H3N.H2O3S2.Pb/c;1-5(2,3)4;/h1H3;(H2,1,2,3,4);/p-1. The fourth-order valence-electron chi connectivity index (χ4n) is 0. The Hall–Kier alpha value is 1.17. The summed E-state index contributed by atoms with van der Waals surface area (Å²) in [5.74, 6) is 0. The van der Waals surface area contributed by atoms with Crippen molar-refractivity contribution in [2.24, 2.45) is 0 Å². The van der Waals surface area contributed by atoms with Crippen LogP contribution in [-0.2, 0) is 20.2 Å². The predicted molar refractivity (Wildman–Crippen MR) is 28.8 cm³/mol. The van der Waals surface area contributed by atoms with Crippen LogP contribution in [0.3, 0.4) is 0 Å². The third-order valence-corrected chi connectivity index (χ3v) is 0. The number of quaternary nitrogens is 1. The van der Waals surface area contributed by atoms with Crippen molar-refractivity contribution in [3.8, 4) is 0 Å². The second kappa shape index (κ2) is 5.31. The molecule has 0 saturated heterocycles. The quantitative estimate of drug-likeness (QED) is 0.572. The molecule has 4 radical (unpaired) electrons. The van der Waals surface area contributed by atoms with Gasteiger partial charge in [0.05, 0.1) is 0 Å². The molecule has 0 aromatic heterocycles. The first-order valence-electron chi connectivity index (χ1n) is 0.667. The molecule has 4 N–H and O–H groups in total. The van der Waals surface area contributed by atoms with Crippen LogP contribution in [0, 0.1) is 0 Å². The van der Waals surface area contributed by atoms with Gasteiger partial charge in [-0.15, -0.1) is 9.05 Å². The van der Waals surface area contributed by atoms with Crippen LogP contribution in [0.5, 0.6) is 0 Å². The van der Waals surface area contributed by atoms with Gasteiger partial charge in [-0.25, -0.2) is 0 Å². The summed E-state index contributed by atoms with van der Waals surface area (Å²) in [5.41, 5.74) is 0. The fraction of sp³-hybridized carbons (Fsp3) is 0. The molecule has 0 aliphatic rings. The van der Waals surface area contributed by atoms with Gasteiger partial charge < -0.3 is 15.3 Å². The van der Waals surface area contributed by atoms with Crippen molar-refractivity contribution < 1.29 is 13.3 Å². The van der Waals surface area contributed by atoms with Gasteiger partial charge in [0.1, 0.15) is 0 Å². The molecule has 0 aromatic rings. The number of hydrogen-bond acceptors (Lipinski definition) is 4. The molecule has 7 heavy (non-hydrogen) atoms. The van der Waals surface area contributed by atoms with Gasteiger partial charge in [-0.2, -0.15) is 0 Å². The van der Waals surface area contributed by atoms with E-state index in [0.29, 0.717) is 0 Å². The van der Waals surface area contributed by atoms with Crippen LogP contribution in [0.15, 0.2) is 0 Å². The first-order valence-corrected chi connectivity index (χ1v) is 3.00. The van der Waals surface area contributed by atoms with Crippen molar-refractivity contribution in [2.45, 2.75) is 0 Å². The molecule has 4 nitrogen and oxygen atoms in total. The minimum absolute atomic E-state index is 0. The van der Waals surface area contributed by atoms with Gasteiger partial charge in [-0.05, 0) is 11.2 Å². The molecule has 0 bridgehead atoms. The Labute approximate surface area is 66.8 Å². The second-order valence-electron chi connectivity index (χ2n) is 0.408. The SMILES string of the molecule is O=S([O-])([O-])=S.[NH4+].[Pb]. The average Bonchev–Trinajstić information content (AvgIpc) is 0.722. The summed E-state index contributed by atoms with van der Waals surface area (Å²) in [6.45, 7) is 0. The van der Waals surface area contributed by atoms with Gasteiger partial charge in [0.25, 0.3) is 0 Å². The summed E-state index contributed by atoms with van der Waals surface area (Å²) in [4.78, 5) is 0. The third kappa shape index (κ3) is 140. The molecule has 0 unspecified atom stereocenters. The minimum Gasteiger partial charge on any atom is -0.780 e. The third-order valence-electron chi connectivity index (χ3n) is 0. The van der Waals surface area contributed by atoms with Crippen molar-refractivity contribution in [3.05, 3.63) is 0 Å². The van der Waals surface area contributed by atoms with Gasteiger partial charge in [0.15, 0.2) is 0 Å². The van der Waals surface area contributed by atoms with E-state index in [4.69, 9.17) is 13.3 Å². The van der Waals surface area contributed by atoms with E-state index < -0.39 is 9.05 Å². The maximum Gasteiger partial charge on any atom is 0 e. The molecule has 0 aliphatic heterocycles. The van der Waals surface area contributed by atoms with Crippen LogP contribution in [0.1, 0.15) is 0 Å². The Kier molecular flexibility index (Phi) is 11.9. The molecule has 44 valence electrons. The second-order valence-corrected chi connectivity index (χ2v) is 2.45. The zero-order valence-corrected chi connectivity index (χ0v) is 9.06. The monoisotopic (exact) mass is 338 g/mol. The Morgan fingerprint density at radius 1 is 1.43 bits per heavy atom. The molecule has 0 amide bonds. The summed E-state index contributed by atoms with van der Waals surface area (Å²) in [7, 11) is -4.33. The summed E-state index contributed by atoms with van der Waals surface area (Å²) >= 11 is 3.24. The largest absolute Gasteiger partial charge is 0.780 e. The maximum absolute atomic E-state index is 8.89. The van der Waals surface area contributed by atoms with Crippen molar-refractivity contribution in [1.82, 2.24) is 6.15 Å². The molecule has 0 aliphatic carbocycles. The van der Waals surface area contributed by atoms with Crippen molar-refractivity contribution in [3.63, 3.8) is 0 Å². The van der Waals surface area contributed by atoms with E-state index in [1.54, 1.807) is 0 Å². The van der Waals surface area contributed by atoms with Gasteiger partial charge in [-0.1, -0.05) is 0 Å². The van der Waals surface area contributed by atoms with E-state index in [-0.39, 0.29) is 33.4 Å². The van der Waals surface area contributed by atoms with Crippen LogP contribution in [0.25, 0.3) is 0 Å². The average molecular weight is 337 g/mol. The molecule has 0 rings (SSSR count). The first kappa shape index (κ1) is 15.7. The van der Waals surface area contributed by atoms with Crippen LogP contribution in [0.2, 0.25) is 0 Å². The number of rotatable bonds is 0. The predicted octanol–water partition coefficient (Wildman–Crippen LogP) is -1.01.